The van der Waals surface area contributed by atoms with E-state index in [9.17, 15) is 30.8 Å². The minimum absolute atomic E-state index is 0.0467. The number of nitrogens with zero attached hydrogens (tertiary/aromatic N) is 5. The maximum absolute atomic E-state index is 13.4. The SMILES string of the molecule is CC(C)N1CCN(c2nc(CNC(=O)C3CCCN3S(=O)(=O)c3ccc(F)cc3)cc(-c3ccc(C(F)(F)F)cc3)n2)CC1. The Balaban J connectivity index is 1.37. The van der Waals surface area contributed by atoms with Crippen LogP contribution in [0.2, 0.25) is 0 Å². The van der Waals surface area contributed by atoms with Crippen LogP contribution >= 0.6 is 0 Å². The Bertz CT molecular complexity index is 1580. The van der Waals surface area contributed by atoms with E-state index in [1.807, 2.05) is 4.90 Å². The summed E-state index contributed by atoms with van der Waals surface area (Å²) < 4.78 is 80.5. The predicted molar refractivity (Wildman–Crippen MR) is 157 cm³/mol. The molecule has 3 heterocycles. The quantitative estimate of drug-likeness (QED) is 0.369. The van der Waals surface area contributed by atoms with Gasteiger partial charge in [0.05, 0.1) is 28.4 Å². The number of alkyl halides is 3. The molecule has 1 atom stereocenters. The molecule has 1 N–H and O–H groups in total. The van der Waals surface area contributed by atoms with Gasteiger partial charge in [-0.1, -0.05) is 12.1 Å². The Labute approximate surface area is 253 Å². The molecule has 44 heavy (non-hydrogen) atoms. The minimum atomic E-state index is -4.47. The number of carbonyl (C=O) groups is 1. The van der Waals surface area contributed by atoms with Crippen LogP contribution in [0.3, 0.4) is 0 Å². The van der Waals surface area contributed by atoms with Crippen LogP contribution in [0.25, 0.3) is 11.3 Å². The van der Waals surface area contributed by atoms with E-state index in [0.29, 0.717) is 54.9 Å². The number of anilines is 1. The smallest absolute Gasteiger partial charge is 0.349 e. The standard InChI is InChI=1S/C30H34F4N6O3S/c1-20(2)38-14-16-39(17-15-38)29-36-24(18-26(37-29)21-5-7-22(8-6-21)30(32,33)34)19-35-28(41)27-4-3-13-40(27)44(42,43)25-11-9-23(31)10-12-25/h5-12,18,20,27H,3-4,13-17,19H2,1-2H3,(H,35,41). The Morgan fingerprint density at radius 3 is 2.25 bits per heavy atom. The van der Waals surface area contributed by atoms with Crippen molar-refractivity contribution in [1.82, 2.24) is 24.5 Å². The molecular weight excluding hydrogens is 600 g/mol. The molecule has 2 aliphatic rings. The number of nitrogens with one attached hydrogen (secondary N) is 1. The molecule has 0 bridgehead atoms. The third-order valence-corrected chi connectivity index (χ3v) is 9.90. The molecule has 1 unspecified atom stereocenters. The zero-order valence-corrected chi connectivity index (χ0v) is 25.2. The molecule has 3 aromatic rings. The minimum Gasteiger partial charge on any atom is -0.349 e. The molecule has 9 nitrogen and oxygen atoms in total. The molecule has 1 amide bonds. The Hall–Kier alpha value is -3.62. The van der Waals surface area contributed by atoms with E-state index in [1.54, 1.807) is 6.07 Å². The van der Waals surface area contributed by atoms with Gasteiger partial charge in [0.1, 0.15) is 11.9 Å². The number of benzene rings is 2. The van der Waals surface area contributed by atoms with Crippen LogP contribution in [0.15, 0.2) is 59.5 Å². The van der Waals surface area contributed by atoms with Crippen LogP contribution < -0.4 is 10.2 Å². The molecule has 0 radical (unpaired) electrons. The lowest BCUT2D eigenvalue weighted by atomic mass is 10.1. The average molecular weight is 635 g/mol. The fraction of sp³-hybridized carbons (Fsp3) is 0.433. The molecule has 2 aromatic carbocycles. The second kappa shape index (κ2) is 12.8. The summed E-state index contributed by atoms with van der Waals surface area (Å²) in [5.74, 6) is -0.673. The van der Waals surface area contributed by atoms with Gasteiger partial charge in [0.2, 0.25) is 21.9 Å². The fourth-order valence-electron chi connectivity index (χ4n) is 5.46. The normalized spacial score (nSPS) is 18.6. The van der Waals surface area contributed by atoms with Gasteiger partial charge in [-0.3, -0.25) is 9.69 Å². The first-order chi connectivity index (χ1) is 20.8. The number of sulfonamides is 1. The van der Waals surface area contributed by atoms with E-state index in [1.165, 1.54) is 24.3 Å². The van der Waals surface area contributed by atoms with Crippen molar-refractivity contribution in [2.45, 2.75) is 56.4 Å². The first kappa shape index (κ1) is 31.8. The highest BCUT2D eigenvalue weighted by atomic mass is 32.2. The van der Waals surface area contributed by atoms with E-state index in [-0.39, 0.29) is 18.0 Å². The topological polar surface area (TPSA) is 98.7 Å². The van der Waals surface area contributed by atoms with Crippen LogP contribution in [0.4, 0.5) is 23.5 Å². The number of amides is 1. The number of aromatic nitrogens is 2. The maximum Gasteiger partial charge on any atom is 0.416 e. The molecule has 5 rings (SSSR count). The molecule has 0 saturated carbocycles. The van der Waals surface area contributed by atoms with Gasteiger partial charge in [-0.15, -0.1) is 0 Å². The van der Waals surface area contributed by atoms with E-state index in [0.717, 1.165) is 41.7 Å². The van der Waals surface area contributed by atoms with Crippen molar-refractivity contribution in [2.24, 2.45) is 0 Å². The average Bonchev–Trinajstić information content (AvgIpc) is 3.51. The summed E-state index contributed by atoms with van der Waals surface area (Å²) in [7, 11) is -4.03. The van der Waals surface area contributed by atoms with Gasteiger partial charge in [-0.05, 0) is 69.2 Å². The second-order valence-corrected chi connectivity index (χ2v) is 13.1. The van der Waals surface area contributed by atoms with E-state index < -0.39 is 39.5 Å². The molecule has 2 fully saturated rings. The van der Waals surface area contributed by atoms with E-state index >= 15 is 0 Å². The van der Waals surface area contributed by atoms with Crippen molar-refractivity contribution in [3.63, 3.8) is 0 Å². The molecule has 2 saturated heterocycles. The van der Waals surface area contributed by atoms with Crippen molar-refractivity contribution >= 4 is 21.9 Å². The summed E-state index contributed by atoms with van der Waals surface area (Å²) in [6.07, 6.45) is -3.67. The Morgan fingerprint density at radius 2 is 1.64 bits per heavy atom. The van der Waals surface area contributed by atoms with Crippen molar-refractivity contribution in [3.8, 4) is 11.3 Å². The summed E-state index contributed by atoms with van der Waals surface area (Å²) in [6, 6.07) is 10.2. The first-order valence-electron chi connectivity index (χ1n) is 14.4. The van der Waals surface area contributed by atoms with Crippen LogP contribution in [0.1, 0.15) is 37.9 Å². The van der Waals surface area contributed by atoms with Crippen LogP contribution in [0, 0.1) is 5.82 Å². The highest BCUT2D eigenvalue weighted by Gasteiger charge is 2.39. The molecule has 0 spiro atoms. The highest BCUT2D eigenvalue weighted by molar-refractivity contribution is 7.89. The van der Waals surface area contributed by atoms with Gasteiger partial charge in [-0.2, -0.15) is 17.5 Å². The molecule has 1 aromatic heterocycles. The Morgan fingerprint density at radius 1 is 0.977 bits per heavy atom. The second-order valence-electron chi connectivity index (χ2n) is 11.2. The lowest BCUT2D eigenvalue weighted by Crippen LogP contribution is -2.49. The summed E-state index contributed by atoms with van der Waals surface area (Å²) in [5, 5.41) is 2.79. The summed E-state index contributed by atoms with van der Waals surface area (Å²) in [6.45, 7) is 7.22. The molecule has 236 valence electrons. The molecule has 2 aliphatic heterocycles. The number of piperazine rings is 1. The summed E-state index contributed by atoms with van der Waals surface area (Å²) in [4.78, 5) is 26.9. The molecular formula is C30H34F4N6O3S. The van der Waals surface area contributed by atoms with Gasteiger partial charge < -0.3 is 10.2 Å². The molecule has 0 aliphatic carbocycles. The fourth-order valence-corrected chi connectivity index (χ4v) is 7.12. The van der Waals surface area contributed by atoms with Gasteiger partial charge >= 0.3 is 6.18 Å². The number of halogens is 4. The van der Waals surface area contributed by atoms with Crippen LogP contribution in [-0.2, 0) is 27.5 Å². The van der Waals surface area contributed by atoms with Crippen molar-refractivity contribution in [2.75, 3.05) is 37.6 Å². The third kappa shape index (κ3) is 7.02. The summed E-state index contributed by atoms with van der Waals surface area (Å²) in [5.41, 5.74) is 0.517. The van der Waals surface area contributed by atoms with Crippen molar-refractivity contribution in [1.29, 1.82) is 0 Å². The maximum atomic E-state index is 13.4. The number of hydrogen-bond donors (Lipinski definition) is 1. The van der Waals surface area contributed by atoms with Gasteiger partial charge in [0.25, 0.3) is 0 Å². The lowest BCUT2D eigenvalue weighted by Gasteiger charge is -2.37. The highest BCUT2D eigenvalue weighted by Crippen LogP contribution is 2.31. The summed E-state index contributed by atoms with van der Waals surface area (Å²) >= 11 is 0. The van der Waals surface area contributed by atoms with E-state index in [2.05, 4.69) is 34.0 Å². The van der Waals surface area contributed by atoms with Crippen LogP contribution in [0.5, 0.6) is 0 Å². The largest absolute Gasteiger partial charge is 0.416 e. The zero-order chi connectivity index (χ0) is 31.6. The number of rotatable bonds is 8. The van der Waals surface area contributed by atoms with Crippen molar-refractivity contribution in [3.05, 3.63) is 71.7 Å². The van der Waals surface area contributed by atoms with Crippen LogP contribution in [-0.4, -0.2) is 78.3 Å². The van der Waals surface area contributed by atoms with Crippen molar-refractivity contribution < 1.29 is 30.8 Å². The Kier molecular flexibility index (Phi) is 9.23. The lowest BCUT2D eigenvalue weighted by molar-refractivity contribution is -0.137. The molecule has 14 heteroatoms. The monoisotopic (exact) mass is 634 g/mol. The first-order valence-corrected chi connectivity index (χ1v) is 15.9. The predicted octanol–water partition coefficient (Wildman–Crippen LogP) is 4.30. The van der Waals surface area contributed by atoms with E-state index in [4.69, 9.17) is 0 Å². The van der Waals surface area contributed by atoms with Gasteiger partial charge in [0, 0.05) is 44.3 Å². The number of hydrogen-bond acceptors (Lipinski definition) is 7. The zero-order valence-electron chi connectivity index (χ0n) is 24.4. The third-order valence-electron chi connectivity index (χ3n) is 7.97. The van der Waals surface area contributed by atoms with Gasteiger partial charge in [0.15, 0.2) is 0 Å². The number of carbonyl (C=O) groups excluding carboxylic acids is 1. The van der Waals surface area contributed by atoms with Gasteiger partial charge in [-0.25, -0.2) is 22.8 Å².